The quantitative estimate of drug-likeness (QED) is 0.303. The molecule has 3 heterocycles. The van der Waals surface area contributed by atoms with Crippen LogP contribution in [0.4, 0.5) is 0 Å². The van der Waals surface area contributed by atoms with Gasteiger partial charge in [0.25, 0.3) is 0 Å². The first-order valence-electron chi connectivity index (χ1n) is 19.0. The van der Waals surface area contributed by atoms with Crippen LogP contribution >= 0.6 is 0 Å². The Labute approximate surface area is 290 Å². The van der Waals surface area contributed by atoms with E-state index >= 15 is 0 Å². The maximum Gasteiger partial charge on any atom is 0.329 e. The van der Waals surface area contributed by atoms with E-state index in [0.29, 0.717) is 31.2 Å². The molecule has 272 valence electrons. The first kappa shape index (κ1) is 38.8. The summed E-state index contributed by atoms with van der Waals surface area (Å²) in [4.78, 5) is 29.7. The predicted molar refractivity (Wildman–Crippen MR) is 189 cm³/mol. The van der Waals surface area contributed by atoms with Gasteiger partial charge in [0.2, 0.25) is 5.91 Å². The summed E-state index contributed by atoms with van der Waals surface area (Å²) < 4.78 is 18.7. The average Bonchev–Trinajstić information content (AvgIpc) is 3.06. The number of carbonyl (C=O) groups is 2. The minimum atomic E-state index is -1.61. The number of ether oxygens (including phenoxy) is 3. The van der Waals surface area contributed by atoms with E-state index in [0.717, 1.165) is 76.2 Å². The average molecular weight is 672 g/mol. The first-order chi connectivity index (χ1) is 22.9. The van der Waals surface area contributed by atoms with Crippen LogP contribution in [0.3, 0.4) is 0 Å². The Bertz CT molecular complexity index is 1130. The Morgan fingerprint density at radius 1 is 0.979 bits per heavy atom. The molecule has 3 aliphatic heterocycles. The number of aliphatic hydroxyl groups excluding tert-OH is 1. The van der Waals surface area contributed by atoms with Crippen LogP contribution < -0.4 is 0 Å². The van der Waals surface area contributed by atoms with E-state index in [9.17, 15) is 19.8 Å². The number of hydrogen-bond donors (Lipinski definition) is 2. The summed E-state index contributed by atoms with van der Waals surface area (Å²) in [6.07, 6.45) is 20.3. The summed E-state index contributed by atoms with van der Waals surface area (Å²) in [7, 11) is 1.70. The van der Waals surface area contributed by atoms with Gasteiger partial charge < -0.3 is 29.3 Å². The fourth-order valence-corrected chi connectivity index (χ4v) is 8.47. The summed E-state index contributed by atoms with van der Waals surface area (Å²) >= 11 is 0. The van der Waals surface area contributed by atoms with Crippen molar-refractivity contribution >= 4 is 11.9 Å². The van der Waals surface area contributed by atoms with Gasteiger partial charge in [-0.15, -0.1) is 0 Å². The van der Waals surface area contributed by atoms with Crippen molar-refractivity contribution in [1.29, 1.82) is 0 Å². The molecule has 2 saturated heterocycles. The summed E-state index contributed by atoms with van der Waals surface area (Å²) in [6.45, 7) is 11.1. The van der Waals surface area contributed by atoms with Crippen molar-refractivity contribution in [3.8, 4) is 0 Å². The predicted octanol–water partition coefficient (Wildman–Crippen LogP) is 7.28. The Morgan fingerprint density at radius 3 is 2.46 bits per heavy atom. The number of aliphatic hydroxyl groups is 2. The highest BCUT2D eigenvalue weighted by atomic mass is 16.6. The Hall–Kier alpha value is -2.00. The molecule has 8 heteroatoms. The molecule has 0 spiro atoms. The van der Waals surface area contributed by atoms with Crippen LogP contribution in [0.15, 0.2) is 36.0 Å². The van der Waals surface area contributed by atoms with Crippen molar-refractivity contribution in [2.75, 3.05) is 13.7 Å². The van der Waals surface area contributed by atoms with Gasteiger partial charge in [-0.2, -0.15) is 0 Å². The van der Waals surface area contributed by atoms with Crippen LogP contribution in [-0.2, 0) is 23.8 Å². The fraction of sp³-hybridized carbons (Fsp3) is 0.800. The molecule has 0 aromatic heterocycles. The lowest BCUT2D eigenvalue weighted by atomic mass is 9.78. The third-order valence-corrected chi connectivity index (χ3v) is 11.8. The number of carbonyl (C=O) groups excluding carboxylic acids is 2. The minimum Gasteiger partial charge on any atom is -0.460 e. The molecule has 1 saturated carbocycles. The number of hydrogen-bond acceptors (Lipinski definition) is 7. The number of amides is 1. The van der Waals surface area contributed by atoms with Crippen molar-refractivity contribution in [3.63, 3.8) is 0 Å². The second-order valence-corrected chi connectivity index (χ2v) is 15.8. The molecule has 2 unspecified atom stereocenters. The molecule has 1 amide bonds. The van der Waals surface area contributed by atoms with Crippen molar-refractivity contribution < 1.29 is 34.0 Å². The van der Waals surface area contributed by atoms with E-state index in [1.54, 1.807) is 12.0 Å². The molecule has 48 heavy (non-hydrogen) atoms. The minimum absolute atomic E-state index is 0.154. The summed E-state index contributed by atoms with van der Waals surface area (Å²) in [5.41, 5.74) is 1.08. The van der Waals surface area contributed by atoms with Gasteiger partial charge in [0, 0.05) is 26.0 Å². The largest absolute Gasteiger partial charge is 0.460 e. The zero-order chi connectivity index (χ0) is 34.8. The molecule has 4 aliphatic rings. The van der Waals surface area contributed by atoms with Gasteiger partial charge >= 0.3 is 5.97 Å². The SMILES string of the molecule is CO[C@H]1C[C@@H]2CC[C@@H](C)[C@](O)(CC(=O)N3CCCC[C@H]3C(=O)OC([C@H](C)CC3CCC(O)CC3)C(C)CC[C@H](C)/C=C/C=C/C=C1C)O2. The zero-order valence-electron chi connectivity index (χ0n) is 30.6. The number of rotatable bonds is 4. The third kappa shape index (κ3) is 10.7. The summed E-state index contributed by atoms with van der Waals surface area (Å²) in [6, 6.07) is -0.659. The van der Waals surface area contributed by atoms with Crippen LogP contribution in [0.25, 0.3) is 0 Å². The third-order valence-electron chi connectivity index (χ3n) is 11.8. The maximum atomic E-state index is 14.1. The molecule has 3 fully saturated rings. The van der Waals surface area contributed by atoms with Gasteiger partial charge in [-0.3, -0.25) is 4.79 Å². The van der Waals surface area contributed by atoms with Gasteiger partial charge in [-0.25, -0.2) is 4.79 Å². The summed E-state index contributed by atoms with van der Waals surface area (Å²) in [5, 5.41) is 21.9. The fourth-order valence-electron chi connectivity index (χ4n) is 8.47. The Morgan fingerprint density at radius 2 is 1.73 bits per heavy atom. The lowest BCUT2D eigenvalue weighted by Gasteiger charge is -2.44. The number of allylic oxidation sites excluding steroid dienone is 5. The van der Waals surface area contributed by atoms with Crippen molar-refractivity contribution in [2.24, 2.45) is 29.6 Å². The van der Waals surface area contributed by atoms with Crippen molar-refractivity contribution in [1.82, 2.24) is 4.90 Å². The smallest absolute Gasteiger partial charge is 0.329 e. The monoisotopic (exact) mass is 671 g/mol. The number of methoxy groups -OCH3 is 1. The van der Waals surface area contributed by atoms with Crippen molar-refractivity contribution in [3.05, 3.63) is 36.0 Å². The first-order valence-corrected chi connectivity index (χ1v) is 19.0. The van der Waals surface area contributed by atoms with Crippen LogP contribution in [0, 0.1) is 29.6 Å². The van der Waals surface area contributed by atoms with Gasteiger partial charge in [0.1, 0.15) is 12.1 Å². The molecular weight excluding hydrogens is 606 g/mol. The Kier molecular flexibility index (Phi) is 14.8. The van der Waals surface area contributed by atoms with Crippen molar-refractivity contribution in [2.45, 2.75) is 161 Å². The highest BCUT2D eigenvalue weighted by molar-refractivity contribution is 5.85. The van der Waals surface area contributed by atoms with E-state index in [1.807, 2.05) is 13.0 Å². The van der Waals surface area contributed by atoms with Crippen LogP contribution in [0.1, 0.15) is 125 Å². The molecule has 8 nitrogen and oxygen atoms in total. The second-order valence-electron chi connectivity index (χ2n) is 15.8. The van der Waals surface area contributed by atoms with E-state index < -0.39 is 11.8 Å². The number of esters is 1. The van der Waals surface area contributed by atoms with Gasteiger partial charge in [-0.1, -0.05) is 58.1 Å². The van der Waals surface area contributed by atoms with E-state index in [-0.39, 0.29) is 60.5 Å². The van der Waals surface area contributed by atoms with Crippen LogP contribution in [-0.4, -0.2) is 76.9 Å². The molecule has 0 aromatic carbocycles. The molecule has 9 atom stereocenters. The standard InChI is InChI=1S/C40H65NO7/c1-27-12-8-7-9-13-28(2)36(46-6)25-34-22-17-31(5)40(45,48-34)26-37(43)41-23-11-10-14-35(41)39(44)47-38(29(3)16-15-27)30(4)24-32-18-20-33(42)21-19-32/h7-9,12-13,27,29-36,38,42,45H,10-11,14-26H2,1-6H3/b9-7+,12-8+,28-13?/t27-,29?,30-,31-,32?,33?,34+,35+,36+,38?,40+/m1/s1. The number of cyclic esters (lactones) is 1. The molecule has 4 rings (SSSR count). The molecule has 1 aliphatic carbocycles. The van der Waals surface area contributed by atoms with Gasteiger partial charge in [-0.05, 0) is 113 Å². The topological polar surface area (TPSA) is 106 Å². The molecule has 2 bridgehead atoms. The van der Waals surface area contributed by atoms with Crippen LogP contribution in [0.2, 0.25) is 0 Å². The van der Waals surface area contributed by atoms with Crippen LogP contribution in [0.5, 0.6) is 0 Å². The maximum absolute atomic E-state index is 14.1. The molecule has 0 radical (unpaired) electrons. The number of fused-ring (bicyclic) bond motifs is 3. The molecular formula is C40H65NO7. The lowest BCUT2D eigenvalue weighted by Crippen LogP contribution is -2.55. The van der Waals surface area contributed by atoms with E-state index in [4.69, 9.17) is 14.2 Å². The second kappa shape index (κ2) is 18.3. The van der Waals surface area contributed by atoms with E-state index in [2.05, 4.69) is 52.0 Å². The van der Waals surface area contributed by atoms with Gasteiger partial charge in [0.05, 0.1) is 24.7 Å². The normalized spacial score (nSPS) is 40.3. The van der Waals surface area contributed by atoms with E-state index in [1.165, 1.54) is 0 Å². The summed E-state index contributed by atoms with van der Waals surface area (Å²) in [5.74, 6) is -1.20. The highest BCUT2D eigenvalue weighted by Gasteiger charge is 2.46. The number of piperidine rings is 1. The zero-order valence-corrected chi connectivity index (χ0v) is 30.6. The molecule has 2 N–H and O–H groups in total. The number of nitrogens with zero attached hydrogens (tertiary/aromatic N) is 1. The molecule has 0 aromatic rings. The lowest BCUT2D eigenvalue weighted by molar-refractivity contribution is -0.284. The Balaban J connectivity index is 1.60. The van der Waals surface area contributed by atoms with Gasteiger partial charge in [0.15, 0.2) is 5.79 Å². The highest BCUT2D eigenvalue weighted by Crippen LogP contribution is 2.39.